The molecule has 0 bridgehead atoms. The molecule has 0 aliphatic rings. The van der Waals surface area contributed by atoms with Gasteiger partial charge < -0.3 is 15.1 Å². The van der Waals surface area contributed by atoms with Gasteiger partial charge in [0.25, 0.3) is 0 Å². The molecule has 0 saturated carbocycles. The number of para-hydroxylation sites is 1. The van der Waals surface area contributed by atoms with E-state index in [9.17, 15) is 19.8 Å². The Kier molecular flexibility index (Phi) is 4.40. The molecule has 3 rings (SSSR count). The van der Waals surface area contributed by atoms with E-state index in [0.717, 1.165) is 0 Å². The number of nitrogens with zero attached hydrogens (tertiary/aromatic N) is 3. The zero-order valence-corrected chi connectivity index (χ0v) is 14.0. The summed E-state index contributed by atoms with van der Waals surface area (Å²) in [4.78, 5) is 25.7. The summed E-state index contributed by atoms with van der Waals surface area (Å²) in [6, 6.07) is 11.2. The molecule has 0 aliphatic heterocycles. The van der Waals surface area contributed by atoms with Crippen LogP contribution in [0.1, 0.15) is 11.1 Å². The Bertz CT molecular complexity index is 1040. The van der Waals surface area contributed by atoms with Crippen molar-refractivity contribution in [3.63, 3.8) is 0 Å². The van der Waals surface area contributed by atoms with Crippen molar-refractivity contribution in [2.75, 3.05) is 19.0 Å². The van der Waals surface area contributed by atoms with Crippen LogP contribution in [0.4, 0.5) is 5.69 Å². The van der Waals surface area contributed by atoms with Crippen molar-refractivity contribution in [3.05, 3.63) is 53.6 Å². The summed E-state index contributed by atoms with van der Waals surface area (Å²) in [7, 11) is 3.51. The van der Waals surface area contributed by atoms with Crippen LogP contribution < -0.4 is 4.90 Å². The Hall–Kier alpha value is -3.68. The maximum atomic E-state index is 12.0. The molecule has 132 valence electrons. The van der Waals surface area contributed by atoms with Gasteiger partial charge in [0, 0.05) is 25.3 Å². The number of hydrogen-bond acceptors (Lipinski definition) is 6. The molecule has 0 aliphatic carbocycles. The van der Waals surface area contributed by atoms with Gasteiger partial charge in [-0.1, -0.05) is 24.3 Å². The average Bonchev–Trinajstić information content (AvgIpc) is 3.06. The third-order valence-corrected chi connectivity index (χ3v) is 3.88. The molecule has 0 spiro atoms. The van der Waals surface area contributed by atoms with Crippen molar-refractivity contribution in [2.45, 2.75) is 0 Å². The first-order chi connectivity index (χ1) is 12.4. The lowest BCUT2D eigenvalue weighted by molar-refractivity contribution is -0.132. The minimum Gasteiger partial charge on any atom is -0.478 e. The minimum absolute atomic E-state index is 0.201. The monoisotopic (exact) mass is 353 g/mol. The van der Waals surface area contributed by atoms with E-state index in [2.05, 4.69) is 14.9 Å². The Morgan fingerprint density at radius 3 is 2.23 bits per heavy atom. The maximum absolute atomic E-state index is 12.0. The lowest BCUT2D eigenvalue weighted by Crippen LogP contribution is -2.15. The van der Waals surface area contributed by atoms with Crippen LogP contribution in [0.15, 0.2) is 47.1 Å². The number of aliphatic carboxylic acids is 2. The summed E-state index contributed by atoms with van der Waals surface area (Å²) in [5.74, 6) is -2.69. The third kappa shape index (κ3) is 3.00. The fraction of sp³-hybridized carbons (Fsp3) is 0.111. The number of carbonyl (C=O) groups is 2. The highest BCUT2D eigenvalue weighted by atomic mass is 16.6. The standard InChI is InChI=1S/C18H15N3O5/c1-21(2)14-6-4-3-5-11(14)16(18(24)25)15(17(22)23)10-7-8-12-13(9-10)20-26-19-12/h3-9H,1-2H3,(H,22,23)(H,24,25)/b16-15-. The highest BCUT2D eigenvalue weighted by molar-refractivity contribution is 6.37. The van der Waals surface area contributed by atoms with E-state index in [1.54, 1.807) is 43.3 Å². The number of benzene rings is 2. The van der Waals surface area contributed by atoms with Gasteiger partial charge in [-0.25, -0.2) is 14.2 Å². The topological polar surface area (TPSA) is 117 Å². The molecule has 1 aromatic heterocycles. The van der Waals surface area contributed by atoms with Gasteiger partial charge in [0.2, 0.25) is 0 Å². The van der Waals surface area contributed by atoms with Crippen molar-refractivity contribution >= 4 is 39.8 Å². The van der Waals surface area contributed by atoms with Crippen LogP contribution in [0, 0.1) is 0 Å². The molecular weight excluding hydrogens is 338 g/mol. The highest BCUT2D eigenvalue weighted by Crippen LogP contribution is 2.33. The van der Waals surface area contributed by atoms with Gasteiger partial charge in [-0.3, -0.25) is 0 Å². The van der Waals surface area contributed by atoms with E-state index in [0.29, 0.717) is 22.3 Å². The van der Waals surface area contributed by atoms with E-state index >= 15 is 0 Å². The molecule has 0 saturated heterocycles. The first-order valence-corrected chi connectivity index (χ1v) is 7.60. The maximum Gasteiger partial charge on any atom is 0.337 e. The molecule has 0 radical (unpaired) electrons. The smallest absolute Gasteiger partial charge is 0.337 e. The molecule has 3 aromatic rings. The van der Waals surface area contributed by atoms with Crippen LogP contribution in [0.25, 0.3) is 22.2 Å². The van der Waals surface area contributed by atoms with Crippen LogP contribution in [0.5, 0.6) is 0 Å². The Labute approximate surface area is 147 Å². The Morgan fingerprint density at radius 2 is 1.58 bits per heavy atom. The average molecular weight is 353 g/mol. The van der Waals surface area contributed by atoms with Gasteiger partial charge in [0.1, 0.15) is 11.0 Å². The zero-order valence-electron chi connectivity index (χ0n) is 14.0. The third-order valence-electron chi connectivity index (χ3n) is 3.88. The van der Waals surface area contributed by atoms with E-state index in [1.807, 2.05) is 0 Å². The molecule has 1 heterocycles. The fourth-order valence-corrected chi connectivity index (χ4v) is 2.74. The summed E-state index contributed by atoms with van der Waals surface area (Å²) in [5, 5.41) is 26.9. The number of carboxylic acids is 2. The molecule has 0 amide bonds. The molecule has 0 fully saturated rings. The van der Waals surface area contributed by atoms with Crippen LogP contribution in [-0.4, -0.2) is 46.6 Å². The van der Waals surface area contributed by atoms with Crippen molar-refractivity contribution in [1.82, 2.24) is 10.3 Å². The molecule has 0 unspecified atom stereocenters. The van der Waals surface area contributed by atoms with Gasteiger partial charge >= 0.3 is 11.9 Å². The van der Waals surface area contributed by atoms with Crippen molar-refractivity contribution in [1.29, 1.82) is 0 Å². The van der Waals surface area contributed by atoms with Gasteiger partial charge in [0.05, 0.1) is 11.1 Å². The molecule has 26 heavy (non-hydrogen) atoms. The molecule has 8 heteroatoms. The summed E-state index contributed by atoms with van der Waals surface area (Å²) >= 11 is 0. The molecular formula is C18H15N3O5. The number of rotatable bonds is 5. The Morgan fingerprint density at radius 1 is 0.923 bits per heavy atom. The van der Waals surface area contributed by atoms with E-state index in [1.165, 1.54) is 18.2 Å². The van der Waals surface area contributed by atoms with Crippen molar-refractivity contribution in [3.8, 4) is 0 Å². The lowest BCUT2D eigenvalue weighted by atomic mass is 9.93. The minimum atomic E-state index is -1.35. The van der Waals surface area contributed by atoms with Crippen molar-refractivity contribution in [2.24, 2.45) is 0 Å². The highest BCUT2D eigenvalue weighted by Gasteiger charge is 2.26. The normalized spacial score (nSPS) is 11.9. The van der Waals surface area contributed by atoms with Gasteiger partial charge in [-0.2, -0.15) is 0 Å². The fourth-order valence-electron chi connectivity index (χ4n) is 2.74. The zero-order chi connectivity index (χ0) is 18.8. The predicted octanol–water partition coefficient (Wildman–Crippen LogP) is 2.37. The quantitative estimate of drug-likeness (QED) is 0.530. The van der Waals surface area contributed by atoms with Crippen molar-refractivity contribution < 1.29 is 24.4 Å². The lowest BCUT2D eigenvalue weighted by Gasteiger charge is -2.19. The Balaban J connectivity index is 2.35. The van der Waals surface area contributed by atoms with Gasteiger partial charge in [0.15, 0.2) is 0 Å². The second-order valence-electron chi connectivity index (χ2n) is 5.74. The van der Waals surface area contributed by atoms with Crippen LogP contribution in [-0.2, 0) is 9.59 Å². The second-order valence-corrected chi connectivity index (χ2v) is 5.74. The molecule has 8 nitrogen and oxygen atoms in total. The van der Waals surface area contributed by atoms with Gasteiger partial charge in [-0.15, -0.1) is 0 Å². The largest absolute Gasteiger partial charge is 0.478 e. The number of anilines is 1. The second kappa shape index (κ2) is 6.67. The number of aromatic nitrogens is 2. The van der Waals surface area contributed by atoms with Crippen LogP contribution >= 0.6 is 0 Å². The predicted molar refractivity (Wildman–Crippen MR) is 94.7 cm³/mol. The summed E-state index contributed by atoms with van der Waals surface area (Å²) in [6.07, 6.45) is 0. The van der Waals surface area contributed by atoms with E-state index < -0.39 is 11.9 Å². The molecule has 0 atom stereocenters. The summed E-state index contributed by atoms with van der Waals surface area (Å²) in [5.41, 5.74) is 1.24. The first kappa shape index (κ1) is 17.2. The summed E-state index contributed by atoms with van der Waals surface area (Å²) < 4.78 is 4.62. The van der Waals surface area contributed by atoms with E-state index in [-0.39, 0.29) is 16.7 Å². The van der Waals surface area contributed by atoms with Crippen LogP contribution in [0.2, 0.25) is 0 Å². The number of hydrogen-bond donors (Lipinski definition) is 2. The van der Waals surface area contributed by atoms with E-state index in [4.69, 9.17) is 0 Å². The first-order valence-electron chi connectivity index (χ1n) is 7.60. The SMILES string of the molecule is CN(C)c1ccccc1/C(C(=O)O)=C(/C(=O)O)c1ccc2nonc2c1. The summed E-state index contributed by atoms with van der Waals surface area (Å²) in [6.45, 7) is 0. The van der Waals surface area contributed by atoms with Crippen LogP contribution in [0.3, 0.4) is 0 Å². The molecule has 2 N–H and O–H groups in total. The number of fused-ring (bicyclic) bond motifs is 1. The number of carboxylic acid groups (broad SMARTS) is 2. The van der Waals surface area contributed by atoms with Gasteiger partial charge in [-0.05, 0) is 34.1 Å². The molecule has 2 aromatic carbocycles.